The van der Waals surface area contributed by atoms with E-state index in [4.69, 9.17) is 0 Å². The molecule has 1 aromatic heterocycles. The molecule has 1 heterocycles. The third-order valence-corrected chi connectivity index (χ3v) is 2.62. The summed E-state index contributed by atoms with van der Waals surface area (Å²) < 4.78 is 1.84. The van der Waals surface area contributed by atoms with E-state index in [1.807, 2.05) is 10.8 Å². The highest BCUT2D eigenvalue weighted by Gasteiger charge is 2.10. The fraction of sp³-hybridized carbons (Fsp3) is 0.231. The third kappa shape index (κ3) is 2.53. The molecule has 0 unspecified atom stereocenters. The molecule has 0 aliphatic carbocycles. The molecule has 4 nitrogen and oxygen atoms in total. The normalized spacial score (nSPS) is 10.2. The van der Waals surface area contributed by atoms with Gasteiger partial charge in [0.15, 0.2) is 5.82 Å². The first-order chi connectivity index (χ1) is 8.20. The van der Waals surface area contributed by atoms with Crippen LogP contribution < -0.4 is 5.32 Å². The van der Waals surface area contributed by atoms with Gasteiger partial charge >= 0.3 is 0 Å². The Morgan fingerprint density at radius 1 is 1.35 bits per heavy atom. The van der Waals surface area contributed by atoms with Crippen molar-refractivity contribution in [2.45, 2.75) is 13.5 Å². The predicted octanol–water partition coefficient (Wildman–Crippen LogP) is 1.60. The molecular formula is C13H15N3O. The summed E-state index contributed by atoms with van der Waals surface area (Å²) >= 11 is 0. The Labute approximate surface area is 100 Å². The fourth-order valence-corrected chi connectivity index (χ4v) is 1.65. The summed E-state index contributed by atoms with van der Waals surface area (Å²) in [5.74, 6) is 0.273. The van der Waals surface area contributed by atoms with Crippen molar-refractivity contribution in [2.24, 2.45) is 0 Å². The maximum absolute atomic E-state index is 11.5. The number of hydrogen-bond donors (Lipinski definition) is 1. The molecule has 0 saturated carbocycles. The molecule has 0 bridgehead atoms. The molecule has 0 spiro atoms. The van der Waals surface area contributed by atoms with Gasteiger partial charge in [-0.15, -0.1) is 0 Å². The van der Waals surface area contributed by atoms with Gasteiger partial charge in [0.1, 0.15) is 0 Å². The highest BCUT2D eigenvalue weighted by Crippen LogP contribution is 2.07. The number of imidazole rings is 1. The standard InChI is InChI=1S/C13H15N3O/c1-10-3-5-11(6-4-10)9-16-8-7-15-12(16)13(17)14-2/h3-8H,9H2,1-2H3,(H,14,17). The van der Waals surface area contributed by atoms with Crippen molar-refractivity contribution >= 4 is 5.91 Å². The molecule has 0 aliphatic rings. The lowest BCUT2D eigenvalue weighted by atomic mass is 10.1. The SMILES string of the molecule is CNC(=O)c1nccn1Cc1ccc(C)cc1. The lowest BCUT2D eigenvalue weighted by Gasteiger charge is -2.07. The topological polar surface area (TPSA) is 46.9 Å². The zero-order chi connectivity index (χ0) is 12.3. The van der Waals surface area contributed by atoms with E-state index >= 15 is 0 Å². The van der Waals surface area contributed by atoms with Crippen LogP contribution in [0.5, 0.6) is 0 Å². The van der Waals surface area contributed by atoms with E-state index < -0.39 is 0 Å². The number of carbonyl (C=O) groups is 1. The summed E-state index contributed by atoms with van der Waals surface area (Å²) in [6, 6.07) is 8.24. The summed E-state index contributed by atoms with van der Waals surface area (Å²) in [5, 5.41) is 2.58. The summed E-state index contributed by atoms with van der Waals surface area (Å²) in [5.41, 5.74) is 2.38. The van der Waals surface area contributed by atoms with Gasteiger partial charge < -0.3 is 9.88 Å². The number of aromatic nitrogens is 2. The maximum atomic E-state index is 11.5. The molecule has 4 heteroatoms. The van der Waals surface area contributed by atoms with Crippen LogP contribution in [0.3, 0.4) is 0 Å². The van der Waals surface area contributed by atoms with Gasteiger partial charge in [-0.3, -0.25) is 4.79 Å². The van der Waals surface area contributed by atoms with Crippen LogP contribution in [0.4, 0.5) is 0 Å². The van der Waals surface area contributed by atoms with Gasteiger partial charge in [0.25, 0.3) is 5.91 Å². The first-order valence-corrected chi connectivity index (χ1v) is 5.49. The number of nitrogens with one attached hydrogen (secondary N) is 1. The number of carbonyl (C=O) groups excluding carboxylic acids is 1. The van der Waals surface area contributed by atoms with E-state index in [1.54, 1.807) is 13.2 Å². The predicted molar refractivity (Wildman–Crippen MR) is 65.9 cm³/mol. The lowest BCUT2D eigenvalue weighted by molar-refractivity contribution is 0.0949. The Bertz CT molecular complexity index is 514. The monoisotopic (exact) mass is 229 g/mol. The number of nitrogens with zero attached hydrogens (tertiary/aromatic N) is 2. The molecule has 2 aromatic rings. The quantitative estimate of drug-likeness (QED) is 0.869. The average molecular weight is 229 g/mol. The molecule has 0 saturated heterocycles. The van der Waals surface area contributed by atoms with Gasteiger partial charge in [0.2, 0.25) is 0 Å². The van der Waals surface area contributed by atoms with Crippen LogP contribution in [0.15, 0.2) is 36.7 Å². The molecule has 0 radical (unpaired) electrons. The molecule has 0 aliphatic heterocycles. The summed E-state index contributed by atoms with van der Waals surface area (Å²) in [6.07, 6.45) is 3.45. The van der Waals surface area contributed by atoms with E-state index in [0.717, 1.165) is 5.56 Å². The number of aryl methyl sites for hydroxylation is 1. The minimum absolute atomic E-state index is 0.165. The Morgan fingerprint density at radius 3 is 2.71 bits per heavy atom. The molecular weight excluding hydrogens is 214 g/mol. The van der Waals surface area contributed by atoms with E-state index in [0.29, 0.717) is 12.4 Å². The molecule has 88 valence electrons. The van der Waals surface area contributed by atoms with E-state index in [-0.39, 0.29) is 5.91 Å². The van der Waals surface area contributed by atoms with Crippen molar-refractivity contribution in [1.29, 1.82) is 0 Å². The Morgan fingerprint density at radius 2 is 2.06 bits per heavy atom. The minimum atomic E-state index is -0.165. The van der Waals surface area contributed by atoms with Gasteiger partial charge in [-0.1, -0.05) is 29.8 Å². The first-order valence-electron chi connectivity index (χ1n) is 5.49. The second-order valence-corrected chi connectivity index (χ2v) is 3.94. The van der Waals surface area contributed by atoms with E-state index in [2.05, 4.69) is 41.5 Å². The van der Waals surface area contributed by atoms with Crippen molar-refractivity contribution < 1.29 is 4.79 Å². The van der Waals surface area contributed by atoms with E-state index in [9.17, 15) is 4.79 Å². The van der Waals surface area contributed by atoms with Crippen molar-refractivity contribution in [3.8, 4) is 0 Å². The van der Waals surface area contributed by atoms with Crippen molar-refractivity contribution in [3.05, 3.63) is 53.6 Å². The largest absolute Gasteiger partial charge is 0.352 e. The third-order valence-electron chi connectivity index (χ3n) is 2.62. The minimum Gasteiger partial charge on any atom is -0.352 e. The van der Waals surface area contributed by atoms with Gasteiger partial charge in [-0.2, -0.15) is 0 Å². The average Bonchev–Trinajstić information content (AvgIpc) is 2.79. The number of rotatable bonds is 3. The first kappa shape index (κ1) is 11.4. The highest BCUT2D eigenvalue weighted by molar-refractivity contribution is 5.90. The zero-order valence-electron chi connectivity index (χ0n) is 9.97. The van der Waals surface area contributed by atoms with Gasteiger partial charge in [-0.05, 0) is 12.5 Å². The number of hydrogen-bond acceptors (Lipinski definition) is 2. The maximum Gasteiger partial charge on any atom is 0.287 e. The molecule has 1 aromatic carbocycles. The van der Waals surface area contributed by atoms with Gasteiger partial charge in [0, 0.05) is 26.0 Å². The zero-order valence-corrected chi connectivity index (χ0v) is 9.97. The highest BCUT2D eigenvalue weighted by atomic mass is 16.2. The van der Waals surface area contributed by atoms with Crippen LogP contribution in [0, 0.1) is 6.92 Å². The van der Waals surface area contributed by atoms with Crippen LogP contribution in [0.1, 0.15) is 21.7 Å². The van der Waals surface area contributed by atoms with Crippen molar-refractivity contribution in [1.82, 2.24) is 14.9 Å². The van der Waals surface area contributed by atoms with Gasteiger partial charge in [-0.25, -0.2) is 4.98 Å². The van der Waals surface area contributed by atoms with Crippen molar-refractivity contribution in [2.75, 3.05) is 7.05 Å². The molecule has 2 rings (SSSR count). The summed E-state index contributed by atoms with van der Waals surface area (Å²) in [7, 11) is 1.60. The van der Waals surface area contributed by atoms with Crippen LogP contribution in [0.25, 0.3) is 0 Å². The summed E-state index contributed by atoms with van der Waals surface area (Å²) in [4.78, 5) is 15.6. The Hall–Kier alpha value is -2.10. The van der Waals surface area contributed by atoms with Crippen LogP contribution in [-0.2, 0) is 6.54 Å². The lowest BCUT2D eigenvalue weighted by Crippen LogP contribution is -2.22. The smallest absolute Gasteiger partial charge is 0.287 e. The number of amides is 1. The molecule has 17 heavy (non-hydrogen) atoms. The molecule has 0 atom stereocenters. The van der Waals surface area contributed by atoms with Crippen molar-refractivity contribution in [3.63, 3.8) is 0 Å². The Balaban J connectivity index is 2.21. The van der Waals surface area contributed by atoms with Crippen LogP contribution in [-0.4, -0.2) is 22.5 Å². The Kier molecular flexibility index (Phi) is 3.23. The van der Waals surface area contributed by atoms with Crippen LogP contribution >= 0.6 is 0 Å². The fourth-order valence-electron chi connectivity index (χ4n) is 1.65. The molecule has 1 amide bonds. The van der Waals surface area contributed by atoms with Crippen LogP contribution in [0.2, 0.25) is 0 Å². The second-order valence-electron chi connectivity index (χ2n) is 3.94. The number of benzene rings is 1. The van der Waals surface area contributed by atoms with E-state index in [1.165, 1.54) is 5.56 Å². The van der Waals surface area contributed by atoms with Gasteiger partial charge in [0.05, 0.1) is 0 Å². The molecule has 0 fully saturated rings. The summed E-state index contributed by atoms with van der Waals surface area (Å²) in [6.45, 7) is 2.71. The molecule has 1 N–H and O–H groups in total. The second kappa shape index (κ2) is 4.82.